The second-order valence-corrected chi connectivity index (χ2v) is 4.07. The molecule has 0 N–H and O–H groups in total. The molecule has 1 heterocycles. The summed E-state index contributed by atoms with van der Waals surface area (Å²) >= 11 is 0. The summed E-state index contributed by atoms with van der Waals surface area (Å²) in [6.07, 6.45) is 4.28. The Balaban J connectivity index is 2.40. The predicted molar refractivity (Wildman–Crippen MR) is 68.2 cm³/mol. The molecule has 2 rings (SSSR count). The van der Waals surface area contributed by atoms with Gasteiger partial charge in [0, 0.05) is 23.5 Å². The topological polar surface area (TPSA) is 30.0 Å². The van der Waals surface area contributed by atoms with Gasteiger partial charge in [-0.05, 0) is 36.6 Å². The molecule has 2 heteroatoms. The summed E-state index contributed by atoms with van der Waals surface area (Å²) in [5.41, 5.74) is 3.56. The van der Waals surface area contributed by atoms with Crippen molar-refractivity contribution in [2.45, 2.75) is 20.3 Å². The number of hydrogen-bond acceptors (Lipinski definition) is 2. The number of aryl methyl sites for hydroxylation is 2. The fourth-order valence-corrected chi connectivity index (χ4v) is 1.79. The molecular weight excluding hydrogens is 210 g/mol. The molecule has 0 saturated carbocycles. The number of rotatable bonds is 3. The van der Waals surface area contributed by atoms with E-state index in [1.165, 1.54) is 5.56 Å². The fourth-order valence-electron chi connectivity index (χ4n) is 1.79. The van der Waals surface area contributed by atoms with Crippen molar-refractivity contribution in [1.29, 1.82) is 0 Å². The highest BCUT2D eigenvalue weighted by Crippen LogP contribution is 2.14. The van der Waals surface area contributed by atoms with E-state index in [2.05, 4.69) is 11.9 Å². The largest absolute Gasteiger partial charge is 0.289 e. The van der Waals surface area contributed by atoms with Crippen molar-refractivity contribution in [2.75, 3.05) is 0 Å². The molecule has 86 valence electrons. The van der Waals surface area contributed by atoms with Gasteiger partial charge in [0.2, 0.25) is 0 Å². The summed E-state index contributed by atoms with van der Waals surface area (Å²) in [4.78, 5) is 16.3. The van der Waals surface area contributed by atoms with Crippen molar-refractivity contribution >= 4 is 5.78 Å². The van der Waals surface area contributed by atoms with E-state index in [1.54, 1.807) is 12.4 Å². The maximum Gasteiger partial charge on any atom is 0.194 e. The van der Waals surface area contributed by atoms with Crippen LogP contribution >= 0.6 is 0 Å². The van der Waals surface area contributed by atoms with Gasteiger partial charge in [-0.25, -0.2) is 0 Å². The molecule has 0 aliphatic heterocycles. The highest BCUT2D eigenvalue weighted by molar-refractivity contribution is 6.09. The van der Waals surface area contributed by atoms with Gasteiger partial charge >= 0.3 is 0 Å². The highest BCUT2D eigenvalue weighted by atomic mass is 16.1. The summed E-state index contributed by atoms with van der Waals surface area (Å²) in [6, 6.07) is 9.63. The van der Waals surface area contributed by atoms with Gasteiger partial charge in [0.05, 0.1) is 0 Å². The predicted octanol–water partition coefficient (Wildman–Crippen LogP) is 3.18. The zero-order valence-corrected chi connectivity index (χ0v) is 10.1. The van der Waals surface area contributed by atoms with Gasteiger partial charge in [0.1, 0.15) is 0 Å². The van der Waals surface area contributed by atoms with Crippen molar-refractivity contribution in [3.63, 3.8) is 0 Å². The number of pyridine rings is 1. The first-order chi connectivity index (χ1) is 8.22. The van der Waals surface area contributed by atoms with Crippen LogP contribution in [-0.2, 0) is 6.42 Å². The van der Waals surface area contributed by atoms with Crippen LogP contribution in [0.2, 0.25) is 0 Å². The molecule has 0 atom stereocenters. The molecule has 0 fully saturated rings. The van der Waals surface area contributed by atoms with Crippen molar-refractivity contribution in [3.8, 4) is 0 Å². The van der Waals surface area contributed by atoms with Gasteiger partial charge in [-0.1, -0.05) is 25.1 Å². The number of aromatic nitrogens is 1. The second-order valence-electron chi connectivity index (χ2n) is 4.07. The molecule has 0 bridgehead atoms. The molecule has 17 heavy (non-hydrogen) atoms. The summed E-state index contributed by atoms with van der Waals surface area (Å²) in [5.74, 6) is 0.0471. The molecule has 2 aromatic rings. The molecule has 1 aromatic heterocycles. The Hall–Kier alpha value is -1.96. The minimum atomic E-state index is 0.0471. The van der Waals surface area contributed by atoms with E-state index in [0.717, 1.165) is 17.5 Å². The van der Waals surface area contributed by atoms with Gasteiger partial charge in [0.25, 0.3) is 0 Å². The fraction of sp³-hybridized carbons (Fsp3) is 0.200. The second kappa shape index (κ2) is 4.91. The van der Waals surface area contributed by atoms with Crippen LogP contribution in [0.3, 0.4) is 0 Å². The lowest BCUT2D eigenvalue weighted by molar-refractivity contribution is 0.103. The molecule has 1 aromatic carbocycles. The van der Waals surface area contributed by atoms with Crippen molar-refractivity contribution in [3.05, 3.63) is 65.0 Å². The van der Waals surface area contributed by atoms with E-state index in [1.807, 2.05) is 37.3 Å². The van der Waals surface area contributed by atoms with E-state index in [0.29, 0.717) is 5.56 Å². The number of nitrogens with zero attached hydrogens (tertiary/aromatic N) is 1. The highest BCUT2D eigenvalue weighted by Gasteiger charge is 2.11. The molecule has 2 nitrogen and oxygen atoms in total. The van der Waals surface area contributed by atoms with Crippen LogP contribution in [0, 0.1) is 6.92 Å². The summed E-state index contributed by atoms with van der Waals surface area (Å²) in [7, 11) is 0. The Morgan fingerprint density at radius 1 is 1.29 bits per heavy atom. The third kappa shape index (κ3) is 2.41. The maximum absolute atomic E-state index is 12.3. The number of ketones is 1. The third-order valence-corrected chi connectivity index (χ3v) is 2.88. The van der Waals surface area contributed by atoms with Gasteiger partial charge < -0.3 is 0 Å². The number of carbonyl (C=O) groups excluding carboxylic acids is 1. The maximum atomic E-state index is 12.3. The average molecular weight is 225 g/mol. The van der Waals surface area contributed by atoms with Gasteiger partial charge in [-0.3, -0.25) is 9.78 Å². The van der Waals surface area contributed by atoms with Crippen LogP contribution in [0.5, 0.6) is 0 Å². The normalized spacial score (nSPS) is 10.2. The molecule has 0 saturated heterocycles. The molecule has 0 aliphatic carbocycles. The molecule has 0 unspecified atom stereocenters. The van der Waals surface area contributed by atoms with Crippen LogP contribution in [0.25, 0.3) is 0 Å². The lowest BCUT2D eigenvalue weighted by Gasteiger charge is -2.05. The molecule has 0 aliphatic rings. The lowest BCUT2D eigenvalue weighted by Crippen LogP contribution is -2.04. The Labute approximate surface area is 101 Å². The SMILES string of the molecule is CCc1cccc(C(=O)c2cnccc2C)c1. The van der Waals surface area contributed by atoms with Crippen LogP contribution in [-0.4, -0.2) is 10.8 Å². The van der Waals surface area contributed by atoms with Gasteiger partial charge in [-0.2, -0.15) is 0 Å². The first-order valence-electron chi connectivity index (χ1n) is 5.76. The Kier molecular flexibility index (Phi) is 3.33. The minimum Gasteiger partial charge on any atom is -0.289 e. The van der Waals surface area contributed by atoms with Crippen LogP contribution in [0.15, 0.2) is 42.7 Å². The van der Waals surface area contributed by atoms with E-state index in [-0.39, 0.29) is 5.78 Å². The molecular formula is C15H15NO. The van der Waals surface area contributed by atoms with Crippen LogP contribution in [0.4, 0.5) is 0 Å². The lowest BCUT2D eigenvalue weighted by atomic mass is 9.99. The van der Waals surface area contributed by atoms with Gasteiger partial charge in [0.15, 0.2) is 5.78 Å². The molecule has 0 radical (unpaired) electrons. The van der Waals surface area contributed by atoms with Crippen molar-refractivity contribution in [1.82, 2.24) is 4.98 Å². The molecule has 0 spiro atoms. The Morgan fingerprint density at radius 3 is 2.82 bits per heavy atom. The van der Waals surface area contributed by atoms with Crippen LogP contribution in [0.1, 0.15) is 34.0 Å². The molecule has 0 amide bonds. The van der Waals surface area contributed by atoms with Crippen molar-refractivity contribution < 1.29 is 4.79 Å². The van der Waals surface area contributed by atoms with Gasteiger partial charge in [-0.15, -0.1) is 0 Å². The summed E-state index contributed by atoms with van der Waals surface area (Å²) in [6.45, 7) is 4.01. The number of carbonyl (C=O) groups is 1. The van der Waals surface area contributed by atoms with Crippen LogP contribution < -0.4 is 0 Å². The van der Waals surface area contributed by atoms with E-state index in [4.69, 9.17) is 0 Å². The Morgan fingerprint density at radius 2 is 2.12 bits per heavy atom. The minimum absolute atomic E-state index is 0.0471. The summed E-state index contributed by atoms with van der Waals surface area (Å²) < 4.78 is 0. The standard InChI is InChI=1S/C15H15NO/c1-3-12-5-4-6-13(9-12)15(17)14-10-16-8-7-11(14)2/h4-10H,3H2,1-2H3. The third-order valence-electron chi connectivity index (χ3n) is 2.88. The Bertz CT molecular complexity index is 546. The monoisotopic (exact) mass is 225 g/mol. The zero-order valence-electron chi connectivity index (χ0n) is 10.1. The number of benzene rings is 1. The smallest absolute Gasteiger partial charge is 0.194 e. The van der Waals surface area contributed by atoms with E-state index in [9.17, 15) is 4.79 Å². The van der Waals surface area contributed by atoms with Crippen molar-refractivity contribution in [2.24, 2.45) is 0 Å². The van der Waals surface area contributed by atoms with E-state index >= 15 is 0 Å². The quantitative estimate of drug-likeness (QED) is 0.751. The number of hydrogen-bond donors (Lipinski definition) is 0. The zero-order chi connectivity index (χ0) is 12.3. The first kappa shape index (κ1) is 11.5. The van der Waals surface area contributed by atoms with E-state index < -0.39 is 0 Å². The average Bonchev–Trinajstić information content (AvgIpc) is 2.38. The summed E-state index contributed by atoms with van der Waals surface area (Å²) in [5, 5.41) is 0. The first-order valence-corrected chi connectivity index (χ1v) is 5.76.